The quantitative estimate of drug-likeness (QED) is 0.750. The topological polar surface area (TPSA) is 74.7 Å². The van der Waals surface area contributed by atoms with Crippen molar-refractivity contribution in [2.45, 2.75) is 57.0 Å². The van der Waals surface area contributed by atoms with Crippen LogP contribution in [0.4, 0.5) is 0 Å². The van der Waals surface area contributed by atoms with E-state index in [2.05, 4.69) is 11.9 Å². The van der Waals surface area contributed by atoms with Crippen LogP contribution in [-0.4, -0.2) is 53.1 Å². The van der Waals surface area contributed by atoms with Gasteiger partial charge in [0.15, 0.2) is 0 Å². The van der Waals surface area contributed by atoms with Gasteiger partial charge in [-0.05, 0) is 69.7 Å². The first-order chi connectivity index (χ1) is 12.8. The lowest BCUT2D eigenvalue weighted by Crippen LogP contribution is -2.60. The van der Waals surface area contributed by atoms with Crippen molar-refractivity contribution in [2.75, 3.05) is 20.1 Å². The van der Waals surface area contributed by atoms with Gasteiger partial charge in [0.25, 0.3) is 0 Å². The summed E-state index contributed by atoms with van der Waals surface area (Å²) in [5.74, 6) is -0.805. The van der Waals surface area contributed by atoms with Crippen LogP contribution in [0, 0.1) is 17.3 Å². The molecule has 4 rings (SSSR count). The van der Waals surface area contributed by atoms with E-state index in [-0.39, 0.29) is 12.2 Å². The molecule has 0 radical (unpaired) electrons. The van der Waals surface area contributed by atoms with Gasteiger partial charge in [-0.3, -0.25) is 14.4 Å². The molecule has 4 aliphatic rings. The molecule has 2 saturated carbocycles. The molecule has 0 aromatic rings. The predicted octanol–water partition coefficient (Wildman–Crippen LogP) is 2.23. The first kappa shape index (κ1) is 18.8. The van der Waals surface area contributed by atoms with E-state index in [0.29, 0.717) is 32.1 Å². The predicted molar refractivity (Wildman–Crippen MR) is 101 cm³/mol. The summed E-state index contributed by atoms with van der Waals surface area (Å²) in [5, 5.41) is 11.7. The fraction of sp³-hybridized carbons (Fsp3) is 0.682. The van der Waals surface area contributed by atoms with E-state index >= 15 is 0 Å². The molecule has 5 heteroatoms. The lowest BCUT2D eigenvalue weighted by molar-refractivity contribution is -0.168. The van der Waals surface area contributed by atoms with Gasteiger partial charge in [0.05, 0.1) is 11.5 Å². The number of aliphatic hydroxyl groups is 1. The summed E-state index contributed by atoms with van der Waals surface area (Å²) in [6, 6.07) is 0. The molecule has 27 heavy (non-hydrogen) atoms. The lowest BCUT2D eigenvalue weighted by Gasteiger charge is -2.54. The zero-order chi connectivity index (χ0) is 19.2. The number of nitrogens with zero attached hydrogens (tertiary/aromatic N) is 1. The maximum absolute atomic E-state index is 13.0. The number of allylic oxidation sites excluding steroid dienone is 4. The number of hydrogen-bond donors (Lipinski definition) is 1. The Morgan fingerprint density at radius 3 is 2.70 bits per heavy atom. The number of carbonyl (C=O) groups excluding carboxylic acids is 3. The number of rotatable bonds is 5. The van der Waals surface area contributed by atoms with Crippen molar-refractivity contribution in [1.82, 2.24) is 4.90 Å². The molecule has 1 N–H and O–H groups in total. The smallest absolute Gasteiger partial charge is 0.222 e. The zero-order valence-electron chi connectivity index (χ0n) is 16.1. The van der Waals surface area contributed by atoms with Gasteiger partial charge < -0.3 is 10.0 Å². The van der Waals surface area contributed by atoms with E-state index in [1.54, 1.807) is 6.08 Å². The minimum absolute atomic E-state index is 0.0978. The van der Waals surface area contributed by atoms with Crippen LogP contribution in [0.1, 0.15) is 51.4 Å². The molecule has 0 aliphatic heterocycles. The van der Waals surface area contributed by atoms with E-state index < -0.39 is 28.5 Å². The molecule has 0 spiro atoms. The highest BCUT2D eigenvalue weighted by atomic mass is 16.3. The van der Waals surface area contributed by atoms with Crippen molar-refractivity contribution < 1.29 is 19.5 Å². The van der Waals surface area contributed by atoms with Crippen LogP contribution >= 0.6 is 0 Å². The van der Waals surface area contributed by atoms with Crippen LogP contribution in [0.15, 0.2) is 23.8 Å². The largest absolute Gasteiger partial charge is 0.389 e. The van der Waals surface area contributed by atoms with Gasteiger partial charge in [-0.1, -0.05) is 12.2 Å². The fourth-order valence-electron chi connectivity index (χ4n) is 5.51. The average molecular weight is 371 g/mol. The minimum atomic E-state index is -1.08. The Bertz CT molecular complexity index is 735. The van der Waals surface area contributed by atoms with E-state index in [9.17, 15) is 19.5 Å². The number of carbonyl (C=O) groups is 3. The van der Waals surface area contributed by atoms with E-state index in [1.165, 1.54) is 18.9 Å². The normalized spacial score (nSPS) is 36.3. The van der Waals surface area contributed by atoms with Gasteiger partial charge in [-0.25, -0.2) is 0 Å². The lowest BCUT2D eigenvalue weighted by atomic mass is 9.52. The number of fused-ring (bicyclic) bond motifs is 3. The Kier molecular flexibility index (Phi) is 4.71. The maximum Gasteiger partial charge on any atom is 0.222 e. The Balaban J connectivity index is 1.71. The molecule has 3 atom stereocenters. The Labute approximate surface area is 160 Å². The summed E-state index contributed by atoms with van der Waals surface area (Å²) in [6.07, 6.45) is 10.3. The molecule has 0 bridgehead atoms. The fourth-order valence-corrected chi connectivity index (χ4v) is 5.51. The highest BCUT2D eigenvalue weighted by Crippen LogP contribution is 2.57. The summed E-state index contributed by atoms with van der Waals surface area (Å²) < 4.78 is 0. The number of hydrogen-bond acceptors (Lipinski definition) is 5. The van der Waals surface area contributed by atoms with Crippen LogP contribution in [0.25, 0.3) is 0 Å². The highest BCUT2D eigenvalue weighted by Gasteiger charge is 2.61. The molecule has 4 aliphatic carbocycles. The third kappa shape index (κ3) is 3.25. The van der Waals surface area contributed by atoms with E-state index in [1.807, 2.05) is 6.08 Å². The molecule has 0 amide bonds. The maximum atomic E-state index is 13.0. The number of Topliss-reactive ketones (excluding diaryl/α,β-unsaturated/α-hetero) is 2. The third-order valence-corrected chi connectivity index (χ3v) is 7.22. The first-order valence-electron chi connectivity index (χ1n) is 10.2. The molecular formula is C22H29NO4. The molecule has 0 aromatic carbocycles. The highest BCUT2D eigenvalue weighted by molar-refractivity contribution is 6.44. The monoisotopic (exact) mass is 371 g/mol. The Morgan fingerprint density at radius 1 is 1.19 bits per heavy atom. The first-order valence-corrected chi connectivity index (χ1v) is 10.2. The second-order valence-corrected chi connectivity index (χ2v) is 9.10. The van der Waals surface area contributed by atoms with Crippen LogP contribution < -0.4 is 0 Å². The summed E-state index contributed by atoms with van der Waals surface area (Å²) in [6.45, 7) is 1.74. The van der Waals surface area contributed by atoms with Crippen LogP contribution in [0.5, 0.6) is 0 Å². The number of ketones is 3. The second kappa shape index (κ2) is 6.78. The average Bonchev–Trinajstić information content (AvgIpc) is 3.44. The van der Waals surface area contributed by atoms with Crippen molar-refractivity contribution in [3.63, 3.8) is 0 Å². The molecule has 5 nitrogen and oxygen atoms in total. The Hall–Kier alpha value is -1.59. The summed E-state index contributed by atoms with van der Waals surface area (Å²) >= 11 is 0. The SMILES string of the molecule is CN(CCC12CC(=O)CCC1(O)CCC=C1C=CC(=O)C(=O)C12)CC1CC1. The Morgan fingerprint density at radius 2 is 1.96 bits per heavy atom. The van der Waals surface area contributed by atoms with Crippen molar-refractivity contribution in [3.05, 3.63) is 23.8 Å². The van der Waals surface area contributed by atoms with Crippen LogP contribution in [-0.2, 0) is 14.4 Å². The molecule has 0 aromatic heterocycles. The van der Waals surface area contributed by atoms with Crippen molar-refractivity contribution >= 4 is 17.3 Å². The van der Waals surface area contributed by atoms with E-state index in [4.69, 9.17) is 0 Å². The second-order valence-electron chi connectivity index (χ2n) is 9.10. The molecule has 146 valence electrons. The molecule has 3 unspecified atom stereocenters. The van der Waals surface area contributed by atoms with Gasteiger partial charge in [-0.15, -0.1) is 0 Å². The standard InChI is InChI=1S/C22H29NO4/c1-23(14-15-4-5-15)12-11-21-13-17(24)8-10-22(21,27)9-2-3-16-6-7-18(25)20(26)19(16)21/h3,6-7,15,19,27H,2,4-5,8-14H2,1H3. The van der Waals surface area contributed by atoms with E-state index in [0.717, 1.165) is 24.6 Å². The van der Waals surface area contributed by atoms with Crippen molar-refractivity contribution in [3.8, 4) is 0 Å². The minimum Gasteiger partial charge on any atom is -0.389 e. The zero-order valence-corrected chi connectivity index (χ0v) is 16.1. The summed E-state index contributed by atoms with van der Waals surface area (Å²) in [7, 11) is 2.07. The molecule has 0 saturated heterocycles. The van der Waals surface area contributed by atoms with Gasteiger partial charge >= 0.3 is 0 Å². The van der Waals surface area contributed by atoms with Gasteiger partial charge in [-0.2, -0.15) is 0 Å². The molecular weight excluding hydrogens is 342 g/mol. The summed E-state index contributed by atoms with van der Waals surface area (Å²) in [5.41, 5.74) is -1.14. The van der Waals surface area contributed by atoms with Gasteiger partial charge in [0, 0.05) is 24.8 Å². The van der Waals surface area contributed by atoms with Gasteiger partial charge in [0.2, 0.25) is 11.6 Å². The van der Waals surface area contributed by atoms with Gasteiger partial charge in [0.1, 0.15) is 5.78 Å². The molecule has 2 fully saturated rings. The third-order valence-electron chi connectivity index (χ3n) is 7.22. The van der Waals surface area contributed by atoms with Crippen molar-refractivity contribution in [2.24, 2.45) is 17.3 Å². The van der Waals surface area contributed by atoms with Crippen LogP contribution in [0.2, 0.25) is 0 Å². The van der Waals surface area contributed by atoms with Crippen LogP contribution in [0.3, 0.4) is 0 Å². The molecule has 0 heterocycles. The van der Waals surface area contributed by atoms with Crippen molar-refractivity contribution in [1.29, 1.82) is 0 Å². The summed E-state index contributed by atoms with van der Waals surface area (Å²) in [4.78, 5) is 40.0.